The molecule has 2 nitrogen and oxygen atoms in total. The number of terminal acetylenes is 1. The van der Waals surface area contributed by atoms with Crippen molar-refractivity contribution < 1.29 is 4.42 Å². The van der Waals surface area contributed by atoms with Gasteiger partial charge in [0.05, 0.1) is 0 Å². The van der Waals surface area contributed by atoms with E-state index in [9.17, 15) is 0 Å². The highest BCUT2D eigenvalue weighted by molar-refractivity contribution is 5.23. The zero-order valence-electron chi connectivity index (χ0n) is 8.13. The molecule has 0 saturated carbocycles. The first-order valence-corrected chi connectivity index (χ1v) is 4.41. The van der Waals surface area contributed by atoms with Gasteiger partial charge >= 0.3 is 0 Å². The lowest BCUT2D eigenvalue weighted by atomic mass is 10.0. The van der Waals surface area contributed by atoms with E-state index in [1.165, 1.54) is 0 Å². The Morgan fingerprint density at radius 2 is 2.31 bits per heavy atom. The third kappa shape index (κ3) is 2.37. The summed E-state index contributed by atoms with van der Waals surface area (Å²) >= 11 is 0. The first kappa shape index (κ1) is 9.88. The molecule has 0 radical (unpaired) electrons. The van der Waals surface area contributed by atoms with Crippen LogP contribution in [0.3, 0.4) is 0 Å². The Kier molecular flexibility index (Phi) is 3.16. The van der Waals surface area contributed by atoms with Crippen LogP contribution in [0.2, 0.25) is 0 Å². The number of nitrogens with two attached hydrogens (primary N) is 1. The molecule has 0 fully saturated rings. The summed E-state index contributed by atoms with van der Waals surface area (Å²) in [5, 5.41) is 0. The van der Waals surface area contributed by atoms with E-state index in [4.69, 9.17) is 16.6 Å². The fourth-order valence-electron chi connectivity index (χ4n) is 1.41. The van der Waals surface area contributed by atoms with Crippen LogP contribution in [0.5, 0.6) is 0 Å². The van der Waals surface area contributed by atoms with Crippen LogP contribution in [-0.2, 0) is 0 Å². The van der Waals surface area contributed by atoms with Crippen molar-refractivity contribution in [2.45, 2.75) is 32.7 Å². The first-order chi connectivity index (χ1) is 6.15. The van der Waals surface area contributed by atoms with Crippen molar-refractivity contribution in [1.29, 1.82) is 0 Å². The quantitative estimate of drug-likeness (QED) is 0.719. The standard InChI is InChI=1S/C11H15NO/c1-4-5-6-11(12)10-7-8(2)13-9(10)3/h1,7,11H,5-6,12H2,2-3H3. The van der Waals surface area contributed by atoms with E-state index in [1.807, 2.05) is 19.9 Å². The van der Waals surface area contributed by atoms with Crippen LogP contribution >= 0.6 is 0 Å². The van der Waals surface area contributed by atoms with Crippen molar-refractivity contribution in [3.8, 4) is 12.3 Å². The molecule has 2 N–H and O–H groups in total. The summed E-state index contributed by atoms with van der Waals surface area (Å²) in [6.45, 7) is 3.85. The smallest absolute Gasteiger partial charge is 0.105 e. The topological polar surface area (TPSA) is 39.2 Å². The highest BCUT2D eigenvalue weighted by Gasteiger charge is 2.11. The molecule has 0 aliphatic heterocycles. The van der Waals surface area contributed by atoms with Gasteiger partial charge in [0, 0.05) is 18.0 Å². The number of furan rings is 1. The van der Waals surface area contributed by atoms with Crippen LogP contribution in [0.4, 0.5) is 0 Å². The van der Waals surface area contributed by atoms with Gasteiger partial charge in [-0.1, -0.05) is 0 Å². The highest BCUT2D eigenvalue weighted by atomic mass is 16.3. The van der Waals surface area contributed by atoms with Crippen molar-refractivity contribution in [3.63, 3.8) is 0 Å². The molecule has 0 spiro atoms. The summed E-state index contributed by atoms with van der Waals surface area (Å²) in [5.74, 6) is 4.39. The monoisotopic (exact) mass is 177 g/mol. The lowest BCUT2D eigenvalue weighted by Crippen LogP contribution is -2.09. The van der Waals surface area contributed by atoms with E-state index in [1.54, 1.807) is 0 Å². The summed E-state index contributed by atoms with van der Waals surface area (Å²) < 4.78 is 5.38. The Bertz CT molecular complexity index is 319. The predicted octanol–water partition coefficient (Wildman–Crippen LogP) is 2.31. The molecule has 1 rings (SSSR count). The minimum absolute atomic E-state index is 0.00787. The lowest BCUT2D eigenvalue weighted by Gasteiger charge is -2.07. The molecular formula is C11H15NO. The Hall–Kier alpha value is -1.20. The number of hydrogen-bond donors (Lipinski definition) is 1. The molecule has 1 heterocycles. The molecule has 0 bridgehead atoms. The van der Waals surface area contributed by atoms with Crippen LogP contribution in [0.15, 0.2) is 10.5 Å². The van der Waals surface area contributed by atoms with Gasteiger partial charge in [-0.2, -0.15) is 0 Å². The van der Waals surface area contributed by atoms with Gasteiger partial charge in [0.2, 0.25) is 0 Å². The zero-order valence-corrected chi connectivity index (χ0v) is 8.13. The number of aryl methyl sites for hydroxylation is 2. The predicted molar refractivity (Wildman–Crippen MR) is 53.2 cm³/mol. The Balaban J connectivity index is 2.71. The fraction of sp³-hybridized carbons (Fsp3) is 0.455. The average Bonchev–Trinajstić information content (AvgIpc) is 2.41. The summed E-state index contributed by atoms with van der Waals surface area (Å²) in [4.78, 5) is 0. The third-order valence-electron chi connectivity index (χ3n) is 2.08. The van der Waals surface area contributed by atoms with Gasteiger partial charge in [0.1, 0.15) is 11.5 Å². The van der Waals surface area contributed by atoms with Gasteiger partial charge < -0.3 is 10.2 Å². The van der Waals surface area contributed by atoms with E-state index < -0.39 is 0 Å². The molecule has 0 aromatic carbocycles. The lowest BCUT2D eigenvalue weighted by molar-refractivity contribution is 0.496. The minimum Gasteiger partial charge on any atom is -0.466 e. The molecule has 1 aromatic heterocycles. The maximum Gasteiger partial charge on any atom is 0.105 e. The van der Waals surface area contributed by atoms with Gasteiger partial charge in [0.25, 0.3) is 0 Å². The van der Waals surface area contributed by atoms with E-state index in [0.717, 1.165) is 23.5 Å². The van der Waals surface area contributed by atoms with Crippen molar-refractivity contribution in [3.05, 3.63) is 23.2 Å². The largest absolute Gasteiger partial charge is 0.466 e. The minimum atomic E-state index is 0.00787. The van der Waals surface area contributed by atoms with Crippen LogP contribution in [-0.4, -0.2) is 0 Å². The Labute approximate surface area is 79.1 Å². The van der Waals surface area contributed by atoms with Gasteiger partial charge in [-0.25, -0.2) is 0 Å². The summed E-state index contributed by atoms with van der Waals surface area (Å²) in [6.07, 6.45) is 6.70. The molecule has 1 unspecified atom stereocenters. The second kappa shape index (κ2) is 4.15. The summed E-state index contributed by atoms with van der Waals surface area (Å²) in [6, 6.07) is 1.99. The molecule has 1 atom stereocenters. The first-order valence-electron chi connectivity index (χ1n) is 4.41. The normalized spacial score (nSPS) is 12.5. The Morgan fingerprint density at radius 1 is 1.62 bits per heavy atom. The third-order valence-corrected chi connectivity index (χ3v) is 2.08. The molecule has 2 heteroatoms. The van der Waals surface area contributed by atoms with E-state index >= 15 is 0 Å². The number of rotatable bonds is 3. The van der Waals surface area contributed by atoms with Crippen LogP contribution in [0, 0.1) is 26.2 Å². The van der Waals surface area contributed by atoms with Crippen molar-refractivity contribution in [2.75, 3.05) is 0 Å². The summed E-state index contributed by atoms with van der Waals surface area (Å²) in [7, 11) is 0. The van der Waals surface area contributed by atoms with Gasteiger partial charge in [-0.15, -0.1) is 12.3 Å². The molecule has 0 amide bonds. The molecule has 1 aromatic rings. The highest BCUT2D eigenvalue weighted by Crippen LogP contribution is 2.22. The van der Waals surface area contributed by atoms with Gasteiger partial charge in [-0.05, 0) is 26.3 Å². The maximum atomic E-state index is 5.94. The molecule has 70 valence electrons. The SMILES string of the molecule is C#CCCC(N)c1cc(C)oc1C. The molecule has 13 heavy (non-hydrogen) atoms. The van der Waals surface area contributed by atoms with Crippen molar-refractivity contribution >= 4 is 0 Å². The fourth-order valence-corrected chi connectivity index (χ4v) is 1.41. The van der Waals surface area contributed by atoms with E-state index in [-0.39, 0.29) is 6.04 Å². The molecule has 0 aliphatic rings. The van der Waals surface area contributed by atoms with E-state index in [0.29, 0.717) is 6.42 Å². The molecule has 0 aliphatic carbocycles. The Morgan fingerprint density at radius 3 is 2.77 bits per heavy atom. The maximum absolute atomic E-state index is 5.94. The van der Waals surface area contributed by atoms with Crippen molar-refractivity contribution in [1.82, 2.24) is 0 Å². The van der Waals surface area contributed by atoms with E-state index in [2.05, 4.69) is 5.92 Å². The summed E-state index contributed by atoms with van der Waals surface area (Å²) in [5.41, 5.74) is 7.02. The van der Waals surface area contributed by atoms with Crippen LogP contribution in [0.25, 0.3) is 0 Å². The van der Waals surface area contributed by atoms with Crippen molar-refractivity contribution in [2.24, 2.45) is 5.73 Å². The number of hydrogen-bond acceptors (Lipinski definition) is 2. The zero-order chi connectivity index (χ0) is 9.84. The van der Waals surface area contributed by atoms with Gasteiger partial charge in [0.15, 0.2) is 0 Å². The second-order valence-electron chi connectivity index (χ2n) is 3.22. The molecule has 0 saturated heterocycles. The second-order valence-corrected chi connectivity index (χ2v) is 3.22. The average molecular weight is 177 g/mol. The van der Waals surface area contributed by atoms with Crippen LogP contribution in [0.1, 0.15) is 36.0 Å². The molecular weight excluding hydrogens is 162 g/mol. The van der Waals surface area contributed by atoms with Crippen LogP contribution < -0.4 is 5.73 Å². The van der Waals surface area contributed by atoms with Gasteiger partial charge in [-0.3, -0.25) is 0 Å².